The second-order valence-electron chi connectivity index (χ2n) is 3.27. The summed E-state index contributed by atoms with van der Waals surface area (Å²) in [7, 11) is 0. The molecule has 1 aromatic heterocycles. The fourth-order valence-electron chi connectivity index (χ4n) is 1.45. The van der Waals surface area contributed by atoms with E-state index in [1.807, 2.05) is 6.07 Å². The van der Waals surface area contributed by atoms with Crippen molar-refractivity contribution < 1.29 is 0 Å². The van der Waals surface area contributed by atoms with Crippen LogP contribution in [0.5, 0.6) is 0 Å². The first kappa shape index (κ1) is 9.99. The van der Waals surface area contributed by atoms with Gasteiger partial charge in [0.25, 0.3) is 0 Å². The van der Waals surface area contributed by atoms with E-state index in [1.54, 1.807) is 6.20 Å². The van der Waals surface area contributed by atoms with Gasteiger partial charge >= 0.3 is 0 Å². The predicted molar refractivity (Wildman–Crippen MR) is 62.7 cm³/mol. The van der Waals surface area contributed by atoms with Crippen LogP contribution in [0.25, 0.3) is 0 Å². The standard InChI is InChI=1S/C10H10BrClN2/c11-9-5-7(12)6-13-10(9)14-8-3-1-2-4-8/h1-2,5-6,8H,3-4H2,(H,13,14). The molecule has 1 aliphatic carbocycles. The molecule has 14 heavy (non-hydrogen) atoms. The predicted octanol–water partition coefficient (Wildman–Crippen LogP) is 3.63. The van der Waals surface area contributed by atoms with E-state index in [2.05, 4.69) is 38.4 Å². The molecule has 0 amide bonds. The maximum atomic E-state index is 5.80. The van der Waals surface area contributed by atoms with E-state index in [0.29, 0.717) is 11.1 Å². The maximum absolute atomic E-state index is 5.80. The number of pyridine rings is 1. The summed E-state index contributed by atoms with van der Waals surface area (Å²) in [5, 5.41) is 4.00. The number of halogens is 2. The van der Waals surface area contributed by atoms with Gasteiger partial charge in [0.05, 0.1) is 9.50 Å². The van der Waals surface area contributed by atoms with Crippen LogP contribution in [-0.2, 0) is 0 Å². The van der Waals surface area contributed by atoms with Gasteiger partial charge < -0.3 is 5.32 Å². The molecule has 0 fully saturated rings. The van der Waals surface area contributed by atoms with Crippen molar-refractivity contribution >= 4 is 33.3 Å². The van der Waals surface area contributed by atoms with Gasteiger partial charge in [0.2, 0.25) is 0 Å². The van der Waals surface area contributed by atoms with E-state index in [0.717, 1.165) is 23.1 Å². The Kier molecular flexibility index (Phi) is 3.08. The monoisotopic (exact) mass is 272 g/mol. The van der Waals surface area contributed by atoms with E-state index < -0.39 is 0 Å². The summed E-state index contributed by atoms with van der Waals surface area (Å²) in [6, 6.07) is 2.32. The summed E-state index contributed by atoms with van der Waals surface area (Å²) in [4.78, 5) is 4.22. The lowest BCUT2D eigenvalue weighted by molar-refractivity contribution is 0.780. The van der Waals surface area contributed by atoms with Crippen LogP contribution in [0.1, 0.15) is 12.8 Å². The molecule has 2 rings (SSSR count). The van der Waals surface area contributed by atoms with E-state index in [-0.39, 0.29) is 0 Å². The molecule has 0 spiro atoms. The highest BCUT2D eigenvalue weighted by molar-refractivity contribution is 9.10. The lowest BCUT2D eigenvalue weighted by Crippen LogP contribution is -2.16. The molecule has 1 N–H and O–H groups in total. The van der Waals surface area contributed by atoms with Crippen molar-refractivity contribution in [3.05, 3.63) is 33.9 Å². The molecule has 0 bridgehead atoms. The Morgan fingerprint density at radius 2 is 2.14 bits per heavy atom. The van der Waals surface area contributed by atoms with Gasteiger partial charge in [0, 0.05) is 12.2 Å². The molecule has 4 heteroatoms. The quantitative estimate of drug-likeness (QED) is 0.832. The van der Waals surface area contributed by atoms with Gasteiger partial charge in [0.15, 0.2) is 0 Å². The number of hydrogen-bond donors (Lipinski definition) is 1. The van der Waals surface area contributed by atoms with E-state index in [9.17, 15) is 0 Å². The van der Waals surface area contributed by atoms with Gasteiger partial charge in [-0.3, -0.25) is 0 Å². The van der Waals surface area contributed by atoms with Crippen molar-refractivity contribution in [1.82, 2.24) is 4.98 Å². The molecule has 1 aromatic rings. The Morgan fingerprint density at radius 3 is 2.79 bits per heavy atom. The van der Waals surface area contributed by atoms with Gasteiger partial charge in [-0.25, -0.2) is 4.98 Å². The molecule has 0 atom stereocenters. The number of nitrogens with one attached hydrogen (secondary N) is 1. The van der Waals surface area contributed by atoms with Crippen LogP contribution in [0.3, 0.4) is 0 Å². The highest BCUT2D eigenvalue weighted by Gasteiger charge is 2.11. The van der Waals surface area contributed by atoms with Gasteiger partial charge in [0.1, 0.15) is 5.82 Å². The van der Waals surface area contributed by atoms with Gasteiger partial charge in [-0.15, -0.1) is 0 Å². The van der Waals surface area contributed by atoms with Crippen molar-refractivity contribution in [2.75, 3.05) is 5.32 Å². The molecule has 0 unspecified atom stereocenters. The average Bonchev–Trinajstić information content (AvgIpc) is 2.62. The van der Waals surface area contributed by atoms with Crippen molar-refractivity contribution in [1.29, 1.82) is 0 Å². The SMILES string of the molecule is Clc1cnc(NC2CC=CC2)c(Br)c1. The Labute approximate surface area is 96.5 Å². The first-order valence-electron chi connectivity index (χ1n) is 4.48. The Bertz CT molecular complexity index is 357. The summed E-state index contributed by atoms with van der Waals surface area (Å²) >= 11 is 9.23. The van der Waals surface area contributed by atoms with Crippen molar-refractivity contribution in [2.45, 2.75) is 18.9 Å². The van der Waals surface area contributed by atoms with Crippen LogP contribution in [0.15, 0.2) is 28.9 Å². The molecule has 0 radical (unpaired) electrons. The summed E-state index contributed by atoms with van der Waals surface area (Å²) in [6.45, 7) is 0. The van der Waals surface area contributed by atoms with Gasteiger partial charge in [-0.05, 0) is 34.8 Å². The Morgan fingerprint density at radius 1 is 1.43 bits per heavy atom. The van der Waals surface area contributed by atoms with Crippen LogP contribution in [0.2, 0.25) is 5.02 Å². The van der Waals surface area contributed by atoms with Crippen LogP contribution in [0.4, 0.5) is 5.82 Å². The van der Waals surface area contributed by atoms with E-state index in [4.69, 9.17) is 11.6 Å². The Balaban J connectivity index is 2.08. The largest absolute Gasteiger partial charge is 0.366 e. The second-order valence-corrected chi connectivity index (χ2v) is 4.56. The molecule has 0 saturated carbocycles. The third-order valence-electron chi connectivity index (χ3n) is 2.16. The van der Waals surface area contributed by atoms with Gasteiger partial charge in [-0.1, -0.05) is 23.8 Å². The molecule has 0 aromatic carbocycles. The number of anilines is 1. The minimum absolute atomic E-state index is 0.472. The summed E-state index contributed by atoms with van der Waals surface area (Å²) in [6.07, 6.45) is 8.15. The molecule has 1 aliphatic rings. The van der Waals surface area contributed by atoms with E-state index in [1.165, 1.54) is 0 Å². The summed E-state index contributed by atoms with van der Waals surface area (Å²) in [5.41, 5.74) is 0. The smallest absolute Gasteiger partial charge is 0.140 e. The minimum atomic E-state index is 0.472. The number of nitrogens with zero attached hydrogens (tertiary/aromatic N) is 1. The van der Waals surface area contributed by atoms with Crippen LogP contribution in [-0.4, -0.2) is 11.0 Å². The summed E-state index contributed by atoms with van der Waals surface area (Å²) in [5.74, 6) is 0.864. The maximum Gasteiger partial charge on any atom is 0.140 e. The number of hydrogen-bond acceptors (Lipinski definition) is 2. The molecule has 0 aliphatic heterocycles. The molecular weight excluding hydrogens is 263 g/mol. The van der Waals surface area contributed by atoms with E-state index >= 15 is 0 Å². The normalized spacial score (nSPS) is 16.1. The lowest BCUT2D eigenvalue weighted by Gasteiger charge is -2.13. The molecule has 74 valence electrons. The fraction of sp³-hybridized carbons (Fsp3) is 0.300. The van der Waals surface area contributed by atoms with Crippen LogP contribution >= 0.6 is 27.5 Å². The highest BCUT2D eigenvalue weighted by atomic mass is 79.9. The zero-order chi connectivity index (χ0) is 9.97. The molecule has 0 saturated heterocycles. The van der Waals surface area contributed by atoms with Crippen molar-refractivity contribution in [3.8, 4) is 0 Å². The highest BCUT2D eigenvalue weighted by Crippen LogP contribution is 2.25. The third kappa shape index (κ3) is 2.28. The molecule has 1 heterocycles. The third-order valence-corrected chi connectivity index (χ3v) is 2.97. The van der Waals surface area contributed by atoms with Gasteiger partial charge in [-0.2, -0.15) is 0 Å². The van der Waals surface area contributed by atoms with Crippen molar-refractivity contribution in [2.24, 2.45) is 0 Å². The number of aromatic nitrogens is 1. The first-order chi connectivity index (χ1) is 6.75. The molecular formula is C10H10BrClN2. The zero-order valence-corrected chi connectivity index (χ0v) is 9.85. The summed E-state index contributed by atoms with van der Waals surface area (Å²) < 4.78 is 0.914. The first-order valence-corrected chi connectivity index (χ1v) is 5.65. The topological polar surface area (TPSA) is 24.9 Å². The fourth-order valence-corrected chi connectivity index (χ4v) is 2.20. The zero-order valence-electron chi connectivity index (χ0n) is 7.50. The van der Waals surface area contributed by atoms with Crippen molar-refractivity contribution in [3.63, 3.8) is 0 Å². The lowest BCUT2D eigenvalue weighted by atomic mass is 10.2. The molecule has 2 nitrogen and oxygen atoms in total. The van der Waals surface area contributed by atoms with Crippen LogP contribution in [0, 0.1) is 0 Å². The Hall–Kier alpha value is -0.540. The average molecular weight is 274 g/mol. The van der Waals surface area contributed by atoms with Crippen LogP contribution < -0.4 is 5.32 Å². The minimum Gasteiger partial charge on any atom is -0.366 e. The number of rotatable bonds is 2. The second kappa shape index (κ2) is 4.32.